The number of carbonyl (C=O) groups is 1. The van der Waals surface area contributed by atoms with Crippen molar-refractivity contribution >= 4 is 5.91 Å². The number of carbonyl (C=O) groups excluding carboxylic acids is 1. The molecular weight excluding hydrogens is 335 g/mol. The van der Waals surface area contributed by atoms with Crippen LogP contribution in [0.2, 0.25) is 0 Å². The summed E-state index contributed by atoms with van der Waals surface area (Å²) in [7, 11) is 0. The Morgan fingerprint density at radius 3 is 2.69 bits per heavy atom. The first-order chi connectivity index (χ1) is 12.6. The van der Waals surface area contributed by atoms with E-state index in [-0.39, 0.29) is 24.2 Å². The van der Waals surface area contributed by atoms with Crippen LogP contribution in [0.1, 0.15) is 29.5 Å². The fourth-order valence-electron chi connectivity index (χ4n) is 3.18. The summed E-state index contributed by atoms with van der Waals surface area (Å²) in [6.07, 6.45) is 0.647. The third-order valence-corrected chi connectivity index (χ3v) is 4.65. The number of nitrogens with zero attached hydrogens (tertiary/aromatic N) is 1. The van der Waals surface area contributed by atoms with Gasteiger partial charge in [-0.15, -0.1) is 0 Å². The fraction of sp³-hybridized carbons (Fsp3) is 0.450. The van der Waals surface area contributed by atoms with Crippen LogP contribution in [0.3, 0.4) is 0 Å². The van der Waals surface area contributed by atoms with E-state index in [9.17, 15) is 9.18 Å². The molecule has 140 valence electrons. The molecule has 6 heteroatoms. The molecule has 0 aliphatic carbocycles. The Labute approximate surface area is 153 Å². The van der Waals surface area contributed by atoms with E-state index in [2.05, 4.69) is 10.2 Å². The van der Waals surface area contributed by atoms with Crippen molar-refractivity contribution in [3.63, 3.8) is 0 Å². The summed E-state index contributed by atoms with van der Waals surface area (Å²) in [6.45, 7) is 5.33. The van der Waals surface area contributed by atoms with Crippen LogP contribution in [0.5, 0.6) is 0 Å². The van der Waals surface area contributed by atoms with E-state index in [0.717, 1.165) is 24.6 Å². The SMILES string of the molecule is Cc1ccc(C(CNC(=O)CCc2ccccc2F)N2CCOCC2)o1. The van der Waals surface area contributed by atoms with E-state index in [0.29, 0.717) is 31.7 Å². The minimum absolute atomic E-state index is 0.0231. The van der Waals surface area contributed by atoms with Crippen molar-refractivity contribution in [3.8, 4) is 0 Å². The number of aryl methyl sites for hydroxylation is 2. The minimum atomic E-state index is -0.266. The second kappa shape index (κ2) is 8.96. The molecule has 1 aromatic carbocycles. The number of furan rings is 1. The summed E-state index contributed by atoms with van der Waals surface area (Å²) in [4.78, 5) is 14.5. The fourth-order valence-corrected chi connectivity index (χ4v) is 3.18. The Kier molecular flexibility index (Phi) is 6.41. The molecule has 1 N–H and O–H groups in total. The van der Waals surface area contributed by atoms with Gasteiger partial charge in [0.15, 0.2) is 0 Å². The van der Waals surface area contributed by atoms with E-state index >= 15 is 0 Å². The molecule has 5 nitrogen and oxygen atoms in total. The zero-order chi connectivity index (χ0) is 18.4. The molecule has 1 saturated heterocycles. The van der Waals surface area contributed by atoms with Crippen molar-refractivity contribution in [1.29, 1.82) is 0 Å². The number of halogens is 1. The number of rotatable bonds is 7. The number of hydrogen-bond acceptors (Lipinski definition) is 4. The van der Waals surface area contributed by atoms with Gasteiger partial charge in [0.1, 0.15) is 17.3 Å². The van der Waals surface area contributed by atoms with Crippen molar-refractivity contribution in [3.05, 3.63) is 59.3 Å². The molecule has 1 aromatic heterocycles. The van der Waals surface area contributed by atoms with Gasteiger partial charge in [-0.2, -0.15) is 0 Å². The first-order valence-electron chi connectivity index (χ1n) is 9.01. The molecule has 0 bridgehead atoms. The summed E-state index contributed by atoms with van der Waals surface area (Å²) in [5, 5.41) is 2.97. The van der Waals surface area contributed by atoms with Gasteiger partial charge in [0.05, 0.1) is 19.3 Å². The van der Waals surface area contributed by atoms with Gasteiger partial charge in [-0.3, -0.25) is 9.69 Å². The Bertz CT molecular complexity index is 725. The van der Waals surface area contributed by atoms with Gasteiger partial charge in [-0.25, -0.2) is 4.39 Å². The van der Waals surface area contributed by atoms with Crippen molar-refractivity contribution in [2.24, 2.45) is 0 Å². The lowest BCUT2D eigenvalue weighted by Gasteiger charge is -2.33. The highest BCUT2D eigenvalue weighted by Gasteiger charge is 2.25. The van der Waals surface area contributed by atoms with Crippen LogP contribution in [0.25, 0.3) is 0 Å². The van der Waals surface area contributed by atoms with Crippen LogP contribution in [0.4, 0.5) is 4.39 Å². The van der Waals surface area contributed by atoms with Crippen LogP contribution < -0.4 is 5.32 Å². The van der Waals surface area contributed by atoms with E-state index in [4.69, 9.17) is 9.15 Å². The van der Waals surface area contributed by atoms with Gasteiger partial charge in [-0.05, 0) is 37.1 Å². The van der Waals surface area contributed by atoms with Crippen molar-refractivity contribution in [1.82, 2.24) is 10.2 Å². The summed E-state index contributed by atoms with van der Waals surface area (Å²) in [5.74, 6) is 1.34. The third-order valence-electron chi connectivity index (χ3n) is 4.65. The van der Waals surface area contributed by atoms with Gasteiger partial charge >= 0.3 is 0 Å². The van der Waals surface area contributed by atoms with Crippen LogP contribution in [-0.4, -0.2) is 43.7 Å². The highest BCUT2D eigenvalue weighted by molar-refractivity contribution is 5.76. The average Bonchev–Trinajstić information content (AvgIpc) is 3.08. The maximum Gasteiger partial charge on any atom is 0.220 e. The van der Waals surface area contributed by atoms with Crippen LogP contribution in [-0.2, 0) is 16.0 Å². The number of amides is 1. The molecule has 0 radical (unpaired) electrons. The van der Waals surface area contributed by atoms with E-state index in [1.807, 2.05) is 19.1 Å². The molecule has 0 spiro atoms. The largest absolute Gasteiger partial charge is 0.465 e. The minimum Gasteiger partial charge on any atom is -0.465 e. The summed E-state index contributed by atoms with van der Waals surface area (Å²) in [6, 6.07) is 10.4. The summed E-state index contributed by atoms with van der Waals surface area (Å²) >= 11 is 0. The number of benzene rings is 1. The first-order valence-corrected chi connectivity index (χ1v) is 9.01. The predicted molar refractivity (Wildman–Crippen MR) is 96.3 cm³/mol. The first kappa shape index (κ1) is 18.6. The number of nitrogens with one attached hydrogen (secondary N) is 1. The van der Waals surface area contributed by atoms with E-state index in [1.54, 1.807) is 18.2 Å². The molecule has 1 fully saturated rings. The molecule has 1 aliphatic rings. The van der Waals surface area contributed by atoms with Crippen molar-refractivity contribution in [2.75, 3.05) is 32.8 Å². The number of morpholine rings is 1. The van der Waals surface area contributed by atoms with E-state index < -0.39 is 0 Å². The van der Waals surface area contributed by atoms with E-state index in [1.165, 1.54) is 6.07 Å². The third kappa shape index (κ3) is 4.93. The normalized spacial score (nSPS) is 16.4. The number of ether oxygens (including phenoxy) is 1. The highest BCUT2D eigenvalue weighted by Crippen LogP contribution is 2.23. The monoisotopic (exact) mass is 360 g/mol. The Hall–Kier alpha value is -2.18. The van der Waals surface area contributed by atoms with Crippen LogP contribution in [0.15, 0.2) is 40.8 Å². The molecule has 2 aromatic rings. The topological polar surface area (TPSA) is 54.7 Å². The molecular formula is C20H25FN2O3. The second-order valence-electron chi connectivity index (χ2n) is 6.51. The summed E-state index contributed by atoms with van der Waals surface area (Å²) < 4.78 is 24.9. The molecule has 1 unspecified atom stereocenters. The molecule has 0 saturated carbocycles. The lowest BCUT2D eigenvalue weighted by Crippen LogP contribution is -2.43. The lowest BCUT2D eigenvalue weighted by atomic mass is 10.1. The van der Waals surface area contributed by atoms with Crippen LogP contribution >= 0.6 is 0 Å². The quantitative estimate of drug-likeness (QED) is 0.825. The van der Waals surface area contributed by atoms with Gasteiger partial charge in [0, 0.05) is 26.1 Å². The molecule has 2 heterocycles. The standard InChI is InChI=1S/C20H25FN2O3/c1-15-6-8-19(26-15)18(23-10-12-25-13-11-23)14-22-20(24)9-7-16-4-2-3-5-17(16)21/h2-6,8,18H,7,9-14H2,1H3,(H,22,24). The maximum atomic E-state index is 13.7. The lowest BCUT2D eigenvalue weighted by molar-refractivity contribution is -0.121. The van der Waals surface area contributed by atoms with Gasteiger partial charge in [-0.1, -0.05) is 18.2 Å². The van der Waals surface area contributed by atoms with Gasteiger partial charge in [0.25, 0.3) is 0 Å². The van der Waals surface area contributed by atoms with Crippen LogP contribution in [0, 0.1) is 12.7 Å². The van der Waals surface area contributed by atoms with Gasteiger partial charge < -0.3 is 14.5 Å². The molecule has 3 rings (SSSR count). The molecule has 1 amide bonds. The Morgan fingerprint density at radius 1 is 1.23 bits per heavy atom. The summed E-state index contributed by atoms with van der Waals surface area (Å²) in [5.41, 5.74) is 0.564. The second-order valence-corrected chi connectivity index (χ2v) is 6.51. The zero-order valence-corrected chi connectivity index (χ0v) is 15.0. The molecule has 26 heavy (non-hydrogen) atoms. The zero-order valence-electron chi connectivity index (χ0n) is 15.0. The molecule has 1 atom stereocenters. The Morgan fingerprint density at radius 2 is 2.00 bits per heavy atom. The smallest absolute Gasteiger partial charge is 0.220 e. The predicted octanol–water partition coefficient (Wildman–Crippen LogP) is 2.85. The highest BCUT2D eigenvalue weighted by atomic mass is 19.1. The Balaban J connectivity index is 1.56. The number of hydrogen-bond donors (Lipinski definition) is 1. The van der Waals surface area contributed by atoms with Gasteiger partial charge in [0.2, 0.25) is 5.91 Å². The van der Waals surface area contributed by atoms with Crippen molar-refractivity contribution < 1.29 is 18.3 Å². The molecule has 1 aliphatic heterocycles. The average molecular weight is 360 g/mol. The van der Waals surface area contributed by atoms with Crippen molar-refractivity contribution in [2.45, 2.75) is 25.8 Å². The maximum absolute atomic E-state index is 13.7.